The van der Waals surface area contributed by atoms with Gasteiger partial charge in [-0.2, -0.15) is 0 Å². The molecule has 38 heavy (non-hydrogen) atoms. The Bertz CT molecular complexity index is 1230. The van der Waals surface area contributed by atoms with Crippen molar-refractivity contribution in [2.24, 2.45) is 0 Å². The monoisotopic (exact) mass is 510 g/mol. The van der Waals surface area contributed by atoms with Gasteiger partial charge in [0.2, 0.25) is 0 Å². The molecule has 0 heterocycles. The molecule has 3 heteroatoms. The third kappa shape index (κ3) is 6.82. The molecule has 3 aromatic rings. The third-order valence-corrected chi connectivity index (χ3v) is 8.03. The summed E-state index contributed by atoms with van der Waals surface area (Å²) < 4.78 is 5.43. The summed E-state index contributed by atoms with van der Waals surface area (Å²) in [5, 5.41) is 9.56. The lowest BCUT2D eigenvalue weighted by molar-refractivity contribution is -0.139. The largest absolute Gasteiger partial charge is 0.462 e. The van der Waals surface area contributed by atoms with Gasteiger partial charge in [0.15, 0.2) is 0 Å². The van der Waals surface area contributed by atoms with Gasteiger partial charge in [0.1, 0.15) is 0 Å². The van der Waals surface area contributed by atoms with E-state index >= 15 is 0 Å². The quantitative estimate of drug-likeness (QED) is 0.209. The maximum absolute atomic E-state index is 12.0. The normalized spacial score (nSPS) is 13.9. The molecular weight excluding hydrogens is 468 g/mol. The van der Waals surface area contributed by atoms with Gasteiger partial charge in [-0.1, -0.05) is 100 Å². The molecule has 200 valence electrons. The molecule has 0 radical (unpaired) electrons. The van der Waals surface area contributed by atoms with Crippen molar-refractivity contribution in [2.75, 3.05) is 13.2 Å². The third-order valence-electron chi connectivity index (χ3n) is 8.03. The molecule has 3 nitrogen and oxygen atoms in total. The number of aliphatic hydroxyl groups is 1. The second-order valence-electron chi connectivity index (χ2n) is 10.5. The van der Waals surface area contributed by atoms with Gasteiger partial charge in [-0.05, 0) is 82.5 Å². The molecule has 0 aliphatic heterocycles. The van der Waals surface area contributed by atoms with Gasteiger partial charge in [-0.25, -0.2) is 4.79 Å². The van der Waals surface area contributed by atoms with E-state index in [9.17, 15) is 9.90 Å². The lowest BCUT2D eigenvalue weighted by atomic mass is 9.83. The molecule has 0 bridgehead atoms. The number of hydrogen-bond acceptors (Lipinski definition) is 3. The van der Waals surface area contributed by atoms with E-state index in [1.165, 1.54) is 59.9 Å². The molecule has 4 rings (SSSR count). The van der Waals surface area contributed by atoms with E-state index in [2.05, 4.69) is 74.2 Å². The van der Waals surface area contributed by atoms with Gasteiger partial charge < -0.3 is 9.84 Å². The maximum atomic E-state index is 12.0. The summed E-state index contributed by atoms with van der Waals surface area (Å²) in [6.45, 7) is 8.26. The molecule has 3 aromatic carbocycles. The SMILES string of the molecule is C=C(CC)C(=O)OCCc1cc(-c2ccc(-c3ccc(C4CCCCC4)cc3)cc2CC)ccc1CCO. The van der Waals surface area contributed by atoms with Crippen LogP contribution >= 0.6 is 0 Å². The molecular formula is C35H42O3. The molecule has 0 unspecified atom stereocenters. The summed E-state index contributed by atoms with van der Waals surface area (Å²) in [6.07, 6.45) is 9.47. The highest BCUT2D eigenvalue weighted by atomic mass is 16.5. The molecule has 1 fully saturated rings. The number of hydrogen-bond donors (Lipinski definition) is 1. The fourth-order valence-corrected chi connectivity index (χ4v) is 5.62. The highest BCUT2D eigenvalue weighted by Gasteiger charge is 2.16. The van der Waals surface area contributed by atoms with E-state index < -0.39 is 0 Å². The highest BCUT2D eigenvalue weighted by molar-refractivity contribution is 5.87. The molecule has 1 aliphatic carbocycles. The smallest absolute Gasteiger partial charge is 0.333 e. The van der Waals surface area contributed by atoms with Crippen molar-refractivity contribution in [2.45, 2.75) is 77.6 Å². The average molecular weight is 511 g/mol. The Morgan fingerprint density at radius 3 is 2.21 bits per heavy atom. The molecule has 0 atom stereocenters. The Kier molecular flexibility index (Phi) is 9.95. The number of carbonyl (C=O) groups is 1. The fraction of sp³-hybridized carbons (Fsp3) is 0.400. The number of benzene rings is 3. The van der Waals surface area contributed by atoms with E-state index in [4.69, 9.17) is 4.74 Å². The Morgan fingerprint density at radius 2 is 1.53 bits per heavy atom. The van der Waals surface area contributed by atoms with Crippen LogP contribution in [-0.4, -0.2) is 24.3 Å². The summed E-state index contributed by atoms with van der Waals surface area (Å²) in [7, 11) is 0. The molecule has 0 saturated heterocycles. The summed E-state index contributed by atoms with van der Waals surface area (Å²) in [6, 6.07) is 22.5. The first-order valence-electron chi connectivity index (χ1n) is 14.3. The van der Waals surface area contributed by atoms with Crippen LogP contribution in [0.25, 0.3) is 22.3 Å². The lowest BCUT2D eigenvalue weighted by Crippen LogP contribution is -2.10. The molecule has 0 amide bonds. The number of aryl methyl sites for hydroxylation is 1. The molecule has 1 aliphatic rings. The van der Waals surface area contributed by atoms with Crippen LogP contribution in [0.5, 0.6) is 0 Å². The van der Waals surface area contributed by atoms with Gasteiger partial charge in [0, 0.05) is 18.6 Å². The maximum Gasteiger partial charge on any atom is 0.333 e. The summed E-state index contributed by atoms with van der Waals surface area (Å²) in [5.41, 5.74) is 10.4. The first-order chi connectivity index (χ1) is 18.5. The first-order valence-corrected chi connectivity index (χ1v) is 14.3. The zero-order valence-electron chi connectivity index (χ0n) is 23.1. The minimum absolute atomic E-state index is 0.0905. The Labute approximate surface area is 228 Å². The van der Waals surface area contributed by atoms with Crippen LogP contribution in [0.4, 0.5) is 0 Å². The van der Waals surface area contributed by atoms with Crippen molar-refractivity contribution in [3.63, 3.8) is 0 Å². The molecule has 1 saturated carbocycles. The van der Waals surface area contributed by atoms with Crippen LogP contribution in [0.1, 0.15) is 80.5 Å². The average Bonchev–Trinajstić information content (AvgIpc) is 2.97. The van der Waals surface area contributed by atoms with E-state index in [0.717, 1.165) is 29.0 Å². The standard InChI is InChI=1S/C35H42O3/c1-4-25(3)35(37)38-22-20-32-24-33(16-15-30(32)19-21-36)34-18-17-31(23-26(34)5-2)29-13-11-28(12-14-29)27-9-7-6-8-10-27/h11-18,23-24,27,36H,3-10,19-22H2,1-2H3. The number of aliphatic hydroxyl groups excluding tert-OH is 1. The van der Waals surface area contributed by atoms with Crippen LogP contribution in [0.2, 0.25) is 0 Å². The summed E-state index contributed by atoms with van der Waals surface area (Å²) in [5.74, 6) is 0.395. The van der Waals surface area contributed by atoms with Crippen LogP contribution < -0.4 is 0 Å². The predicted octanol–water partition coefficient (Wildman–Crippen LogP) is 8.22. The second-order valence-corrected chi connectivity index (χ2v) is 10.5. The van der Waals surface area contributed by atoms with Crippen LogP contribution in [0, 0.1) is 0 Å². The van der Waals surface area contributed by atoms with Gasteiger partial charge in [-0.3, -0.25) is 0 Å². The molecule has 0 spiro atoms. The predicted molar refractivity (Wildman–Crippen MR) is 157 cm³/mol. The van der Waals surface area contributed by atoms with Gasteiger partial charge >= 0.3 is 5.97 Å². The van der Waals surface area contributed by atoms with Crippen molar-refractivity contribution < 1.29 is 14.6 Å². The van der Waals surface area contributed by atoms with E-state index in [0.29, 0.717) is 31.4 Å². The molecule has 0 aromatic heterocycles. The molecule has 1 N–H and O–H groups in total. The van der Waals surface area contributed by atoms with Crippen LogP contribution in [-0.2, 0) is 28.8 Å². The summed E-state index contributed by atoms with van der Waals surface area (Å²) in [4.78, 5) is 12.0. The van der Waals surface area contributed by atoms with E-state index in [1.54, 1.807) is 0 Å². The minimum atomic E-state index is -0.331. The first kappa shape index (κ1) is 27.9. The number of esters is 1. The van der Waals surface area contributed by atoms with Crippen molar-refractivity contribution >= 4 is 5.97 Å². The zero-order valence-corrected chi connectivity index (χ0v) is 23.1. The Hall–Kier alpha value is -3.17. The van der Waals surface area contributed by atoms with Crippen LogP contribution in [0.3, 0.4) is 0 Å². The second kappa shape index (κ2) is 13.6. The minimum Gasteiger partial charge on any atom is -0.462 e. The number of ether oxygens (including phenoxy) is 1. The lowest BCUT2D eigenvalue weighted by Gasteiger charge is -2.22. The van der Waals surface area contributed by atoms with Gasteiger partial charge in [0.05, 0.1) is 6.61 Å². The highest BCUT2D eigenvalue weighted by Crippen LogP contribution is 2.35. The fourth-order valence-electron chi connectivity index (χ4n) is 5.62. The van der Waals surface area contributed by atoms with Crippen LogP contribution in [0.15, 0.2) is 72.8 Å². The Morgan fingerprint density at radius 1 is 0.842 bits per heavy atom. The number of rotatable bonds is 11. The van der Waals surface area contributed by atoms with Crippen molar-refractivity contribution in [1.29, 1.82) is 0 Å². The van der Waals surface area contributed by atoms with E-state index in [1.807, 2.05) is 6.92 Å². The number of carbonyl (C=O) groups excluding carboxylic acids is 1. The van der Waals surface area contributed by atoms with Gasteiger partial charge in [0.25, 0.3) is 0 Å². The van der Waals surface area contributed by atoms with Crippen molar-refractivity contribution in [1.82, 2.24) is 0 Å². The van der Waals surface area contributed by atoms with Crippen molar-refractivity contribution in [3.05, 3.63) is 95.1 Å². The summed E-state index contributed by atoms with van der Waals surface area (Å²) >= 11 is 0. The van der Waals surface area contributed by atoms with Crippen molar-refractivity contribution in [3.8, 4) is 22.3 Å². The van der Waals surface area contributed by atoms with Gasteiger partial charge in [-0.15, -0.1) is 0 Å². The zero-order chi connectivity index (χ0) is 26.9. The topological polar surface area (TPSA) is 46.5 Å². The van der Waals surface area contributed by atoms with E-state index in [-0.39, 0.29) is 12.6 Å². The Balaban J connectivity index is 1.55.